The largest absolute Gasteiger partial charge is 0.300 e. The van der Waals surface area contributed by atoms with Crippen molar-refractivity contribution in [3.05, 3.63) is 35.9 Å². The summed E-state index contributed by atoms with van der Waals surface area (Å²) in [7, 11) is 0. The molecule has 0 unspecified atom stereocenters. The maximum Gasteiger partial charge on any atom is 0.0809 e. The molecule has 0 amide bonds. The summed E-state index contributed by atoms with van der Waals surface area (Å²) in [6.45, 7) is 4.75. The summed E-state index contributed by atoms with van der Waals surface area (Å²) < 4.78 is 0. The van der Waals surface area contributed by atoms with Gasteiger partial charge in [0.1, 0.15) is 0 Å². The Morgan fingerprint density at radius 3 is 2.93 bits per heavy atom. The van der Waals surface area contributed by atoms with Gasteiger partial charge in [-0.3, -0.25) is 4.90 Å². The van der Waals surface area contributed by atoms with Crippen molar-refractivity contribution < 1.29 is 4.84 Å². The van der Waals surface area contributed by atoms with E-state index in [0.717, 1.165) is 32.8 Å². The summed E-state index contributed by atoms with van der Waals surface area (Å²) in [6.07, 6.45) is 0. The molecule has 1 aliphatic heterocycles. The first-order chi connectivity index (χ1) is 6.95. The number of nitrogens with one attached hydrogen (secondary N) is 1. The summed E-state index contributed by atoms with van der Waals surface area (Å²) >= 11 is 0. The fourth-order valence-electron chi connectivity index (χ4n) is 1.63. The van der Waals surface area contributed by atoms with E-state index in [2.05, 4.69) is 40.7 Å². The van der Waals surface area contributed by atoms with Crippen molar-refractivity contribution in [1.29, 1.82) is 0 Å². The van der Waals surface area contributed by atoms with Gasteiger partial charge in [-0.2, -0.15) is 0 Å². The van der Waals surface area contributed by atoms with Gasteiger partial charge >= 0.3 is 0 Å². The summed E-state index contributed by atoms with van der Waals surface area (Å²) in [5.74, 6) is 0. The molecule has 0 saturated carbocycles. The van der Waals surface area contributed by atoms with Crippen molar-refractivity contribution in [3.8, 4) is 0 Å². The third kappa shape index (κ3) is 2.80. The van der Waals surface area contributed by atoms with Gasteiger partial charge in [-0.05, 0) is 5.56 Å². The standard InChI is InChI=1S/C11H16N2O/c1-2-4-11(5-3-1)10-13-7-6-12-14-9-8-13/h1-5,12H,6-10H2. The highest BCUT2D eigenvalue weighted by Crippen LogP contribution is 2.04. The molecule has 1 aromatic rings. The third-order valence-corrected chi connectivity index (χ3v) is 2.39. The average molecular weight is 192 g/mol. The van der Waals surface area contributed by atoms with Crippen LogP contribution in [0.25, 0.3) is 0 Å². The van der Waals surface area contributed by atoms with Gasteiger partial charge in [-0.25, -0.2) is 5.48 Å². The maximum absolute atomic E-state index is 5.17. The van der Waals surface area contributed by atoms with Gasteiger partial charge in [0.05, 0.1) is 6.61 Å². The summed E-state index contributed by atoms with van der Waals surface area (Å²) in [4.78, 5) is 7.57. The van der Waals surface area contributed by atoms with Crippen molar-refractivity contribution in [2.45, 2.75) is 6.54 Å². The van der Waals surface area contributed by atoms with Crippen LogP contribution in [-0.2, 0) is 11.4 Å². The Labute approximate surface area is 84.6 Å². The van der Waals surface area contributed by atoms with Crippen molar-refractivity contribution >= 4 is 0 Å². The van der Waals surface area contributed by atoms with Gasteiger partial charge in [0.2, 0.25) is 0 Å². The second-order valence-electron chi connectivity index (χ2n) is 3.50. The molecule has 0 aromatic heterocycles. The molecule has 1 heterocycles. The number of rotatable bonds is 2. The number of hydrogen-bond donors (Lipinski definition) is 1. The molecule has 1 saturated heterocycles. The van der Waals surface area contributed by atoms with E-state index in [9.17, 15) is 0 Å². The number of benzene rings is 1. The quantitative estimate of drug-likeness (QED) is 0.757. The summed E-state index contributed by atoms with van der Waals surface area (Å²) in [6, 6.07) is 10.6. The van der Waals surface area contributed by atoms with Crippen LogP contribution in [-0.4, -0.2) is 31.1 Å². The van der Waals surface area contributed by atoms with E-state index in [1.165, 1.54) is 5.56 Å². The van der Waals surface area contributed by atoms with E-state index in [0.29, 0.717) is 0 Å². The van der Waals surface area contributed by atoms with Crippen molar-refractivity contribution in [2.24, 2.45) is 0 Å². The first kappa shape index (κ1) is 9.65. The first-order valence-corrected chi connectivity index (χ1v) is 5.06. The molecule has 0 spiro atoms. The van der Waals surface area contributed by atoms with E-state index in [1.807, 2.05) is 0 Å². The van der Waals surface area contributed by atoms with Crippen molar-refractivity contribution in [1.82, 2.24) is 10.4 Å². The van der Waals surface area contributed by atoms with Crippen LogP contribution in [0.4, 0.5) is 0 Å². The average Bonchev–Trinajstić information content (AvgIpc) is 2.48. The SMILES string of the molecule is c1ccc(CN2CCNOCC2)cc1. The van der Waals surface area contributed by atoms with Gasteiger partial charge in [0, 0.05) is 26.2 Å². The molecule has 0 bridgehead atoms. The summed E-state index contributed by atoms with van der Waals surface area (Å²) in [5.41, 5.74) is 4.29. The molecule has 0 atom stereocenters. The molecule has 0 radical (unpaired) electrons. The Morgan fingerprint density at radius 2 is 2.07 bits per heavy atom. The fraction of sp³-hybridized carbons (Fsp3) is 0.455. The monoisotopic (exact) mass is 192 g/mol. The highest BCUT2D eigenvalue weighted by Gasteiger charge is 2.08. The Morgan fingerprint density at radius 1 is 1.21 bits per heavy atom. The molecule has 3 nitrogen and oxygen atoms in total. The summed E-state index contributed by atoms with van der Waals surface area (Å²) in [5, 5.41) is 0. The Balaban J connectivity index is 1.90. The Bertz CT molecular complexity index is 255. The first-order valence-electron chi connectivity index (χ1n) is 5.06. The molecule has 1 aliphatic rings. The van der Waals surface area contributed by atoms with Crippen LogP contribution < -0.4 is 5.48 Å². The lowest BCUT2D eigenvalue weighted by atomic mass is 10.2. The molecule has 1 aromatic carbocycles. The maximum atomic E-state index is 5.17. The zero-order valence-corrected chi connectivity index (χ0v) is 8.28. The lowest BCUT2D eigenvalue weighted by Crippen LogP contribution is -2.28. The normalized spacial score (nSPS) is 19.1. The molecule has 1 N–H and O–H groups in total. The van der Waals surface area contributed by atoms with E-state index in [-0.39, 0.29) is 0 Å². The molecular formula is C11H16N2O. The zero-order valence-electron chi connectivity index (χ0n) is 8.28. The molecule has 0 aliphatic carbocycles. The van der Waals surface area contributed by atoms with E-state index < -0.39 is 0 Å². The smallest absolute Gasteiger partial charge is 0.0809 e. The Hall–Kier alpha value is -0.900. The zero-order chi connectivity index (χ0) is 9.64. The van der Waals surface area contributed by atoms with Gasteiger partial charge < -0.3 is 4.84 Å². The van der Waals surface area contributed by atoms with Crippen molar-refractivity contribution in [3.63, 3.8) is 0 Å². The Kier molecular flexibility index (Phi) is 3.51. The van der Waals surface area contributed by atoms with Crippen LogP contribution >= 0.6 is 0 Å². The molecule has 1 fully saturated rings. The van der Waals surface area contributed by atoms with Crippen LogP contribution in [0.15, 0.2) is 30.3 Å². The second kappa shape index (κ2) is 5.10. The van der Waals surface area contributed by atoms with Gasteiger partial charge in [0.25, 0.3) is 0 Å². The lowest BCUT2D eigenvalue weighted by Gasteiger charge is -2.18. The number of nitrogens with zero attached hydrogens (tertiary/aromatic N) is 1. The van der Waals surface area contributed by atoms with E-state index in [4.69, 9.17) is 4.84 Å². The molecule has 3 heteroatoms. The van der Waals surface area contributed by atoms with Crippen LogP contribution in [0.1, 0.15) is 5.56 Å². The minimum Gasteiger partial charge on any atom is -0.300 e. The van der Waals surface area contributed by atoms with Crippen molar-refractivity contribution in [2.75, 3.05) is 26.2 Å². The molecule has 2 rings (SSSR count). The topological polar surface area (TPSA) is 24.5 Å². The van der Waals surface area contributed by atoms with Gasteiger partial charge in [-0.1, -0.05) is 30.3 Å². The fourth-order valence-corrected chi connectivity index (χ4v) is 1.63. The highest BCUT2D eigenvalue weighted by atomic mass is 16.6. The van der Waals surface area contributed by atoms with E-state index in [1.54, 1.807) is 0 Å². The predicted molar refractivity (Wildman–Crippen MR) is 55.7 cm³/mol. The molecule has 14 heavy (non-hydrogen) atoms. The number of hydroxylamine groups is 1. The van der Waals surface area contributed by atoms with Crippen LogP contribution in [0.3, 0.4) is 0 Å². The third-order valence-electron chi connectivity index (χ3n) is 2.39. The van der Waals surface area contributed by atoms with Crippen LogP contribution in [0.2, 0.25) is 0 Å². The highest BCUT2D eigenvalue weighted by molar-refractivity contribution is 5.14. The van der Waals surface area contributed by atoms with Gasteiger partial charge in [0.15, 0.2) is 0 Å². The lowest BCUT2D eigenvalue weighted by molar-refractivity contribution is 0.0546. The molecule has 76 valence electrons. The predicted octanol–water partition coefficient (Wildman–Crippen LogP) is 1.02. The van der Waals surface area contributed by atoms with Gasteiger partial charge in [-0.15, -0.1) is 0 Å². The minimum absolute atomic E-state index is 0.771. The van der Waals surface area contributed by atoms with E-state index >= 15 is 0 Å². The second-order valence-corrected chi connectivity index (χ2v) is 3.50. The number of hydrogen-bond acceptors (Lipinski definition) is 3. The van der Waals surface area contributed by atoms with Crippen LogP contribution in [0, 0.1) is 0 Å². The van der Waals surface area contributed by atoms with Crippen LogP contribution in [0.5, 0.6) is 0 Å². The molecular weight excluding hydrogens is 176 g/mol. The minimum atomic E-state index is 0.771.